The van der Waals surface area contributed by atoms with Crippen LogP contribution in [0.3, 0.4) is 0 Å². The summed E-state index contributed by atoms with van der Waals surface area (Å²) in [7, 11) is 0. The molecule has 0 atom stereocenters. The monoisotopic (exact) mass is 628 g/mol. The minimum atomic E-state index is 1.26. The normalized spacial score (nSPS) is 11.8. The summed E-state index contributed by atoms with van der Waals surface area (Å²) >= 11 is 5.70. The molecule has 9 aromatic rings. The molecule has 0 spiro atoms. The van der Waals surface area contributed by atoms with E-state index in [0.717, 1.165) is 0 Å². The molecule has 0 aliphatic heterocycles. The van der Waals surface area contributed by atoms with Gasteiger partial charge < -0.3 is 0 Å². The Morgan fingerprint density at radius 3 is 1.02 bits per heavy atom. The number of aryl methyl sites for hydroxylation is 2. The van der Waals surface area contributed by atoms with Crippen LogP contribution >= 0.6 is 34.0 Å². The third-order valence-electron chi connectivity index (χ3n) is 8.86. The van der Waals surface area contributed by atoms with Gasteiger partial charge in [-0.3, -0.25) is 0 Å². The predicted octanol–water partition coefficient (Wildman–Crippen LogP) is 13.8. The Morgan fingerprint density at radius 2 is 0.644 bits per heavy atom. The summed E-state index contributed by atoms with van der Waals surface area (Å²) < 4.78 is 5.44. The van der Waals surface area contributed by atoms with Crippen LogP contribution in [0.5, 0.6) is 0 Å². The smallest absolute Gasteiger partial charge is 0.0369 e. The van der Waals surface area contributed by atoms with E-state index in [4.69, 9.17) is 0 Å². The van der Waals surface area contributed by atoms with E-state index in [1.807, 2.05) is 34.0 Å². The van der Waals surface area contributed by atoms with Crippen LogP contribution in [-0.4, -0.2) is 0 Å². The summed E-state index contributed by atoms with van der Waals surface area (Å²) in [6.07, 6.45) is 0. The van der Waals surface area contributed by atoms with E-state index in [0.29, 0.717) is 0 Å². The van der Waals surface area contributed by atoms with Crippen molar-refractivity contribution < 1.29 is 0 Å². The highest BCUT2D eigenvalue weighted by Gasteiger charge is 2.13. The molecular formula is C42H28S3. The average molecular weight is 629 g/mol. The van der Waals surface area contributed by atoms with Crippen LogP contribution in [-0.2, 0) is 0 Å². The summed E-state index contributed by atoms with van der Waals surface area (Å²) in [5.41, 5.74) is 10.2. The van der Waals surface area contributed by atoms with Gasteiger partial charge in [-0.05, 0) is 94.4 Å². The lowest BCUT2D eigenvalue weighted by molar-refractivity contribution is 1.47. The van der Waals surface area contributed by atoms with Gasteiger partial charge in [-0.25, -0.2) is 0 Å². The van der Waals surface area contributed by atoms with Crippen molar-refractivity contribution in [1.82, 2.24) is 0 Å². The SMILES string of the molecule is Cc1ccc(-c2ccc(-c3cc4cc5c(cc4s3)sc3cc4sc(-c6ccc(-c7ccc(C)cc7)cc6)cc4cc35)cc2)cc1. The third-order valence-corrected chi connectivity index (χ3v) is 12.3. The molecule has 0 fully saturated rings. The number of hydrogen-bond acceptors (Lipinski definition) is 3. The molecule has 0 aliphatic carbocycles. The fraction of sp³-hybridized carbons (Fsp3) is 0.0476. The van der Waals surface area contributed by atoms with Gasteiger partial charge in [0.15, 0.2) is 0 Å². The minimum Gasteiger partial charge on any atom is -0.135 e. The van der Waals surface area contributed by atoms with Crippen molar-refractivity contribution in [3.8, 4) is 43.1 Å². The fourth-order valence-electron chi connectivity index (χ4n) is 6.28. The number of hydrogen-bond donors (Lipinski definition) is 0. The summed E-state index contributed by atoms with van der Waals surface area (Å²) in [6.45, 7) is 4.26. The summed E-state index contributed by atoms with van der Waals surface area (Å²) in [4.78, 5) is 2.64. The molecule has 6 aromatic carbocycles. The molecule has 214 valence electrons. The van der Waals surface area contributed by atoms with E-state index in [-0.39, 0.29) is 0 Å². The lowest BCUT2D eigenvalue weighted by Gasteiger charge is -2.04. The van der Waals surface area contributed by atoms with Crippen LogP contribution in [0, 0.1) is 13.8 Å². The van der Waals surface area contributed by atoms with Crippen molar-refractivity contribution in [1.29, 1.82) is 0 Å². The fourth-order valence-corrected chi connectivity index (χ4v) is 9.75. The number of rotatable bonds is 4. The summed E-state index contributed by atoms with van der Waals surface area (Å²) in [5.74, 6) is 0. The lowest BCUT2D eigenvalue weighted by Crippen LogP contribution is -1.79. The average Bonchev–Trinajstić information content (AvgIpc) is 3.78. The molecule has 0 saturated heterocycles. The molecule has 9 rings (SSSR count). The van der Waals surface area contributed by atoms with Crippen molar-refractivity contribution in [3.63, 3.8) is 0 Å². The van der Waals surface area contributed by atoms with Gasteiger partial charge in [-0.1, -0.05) is 108 Å². The lowest BCUT2D eigenvalue weighted by atomic mass is 10.0. The molecule has 0 amide bonds. The van der Waals surface area contributed by atoms with Gasteiger partial charge in [0, 0.05) is 39.3 Å². The highest BCUT2D eigenvalue weighted by molar-refractivity contribution is 7.27. The predicted molar refractivity (Wildman–Crippen MR) is 201 cm³/mol. The number of thiophene rings is 3. The summed E-state index contributed by atoms with van der Waals surface area (Å²) in [5, 5.41) is 5.37. The van der Waals surface area contributed by atoms with Crippen LogP contribution in [0.4, 0.5) is 0 Å². The first-order chi connectivity index (χ1) is 22.0. The largest absolute Gasteiger partial charge is 0.135 e. The van der Waals surface area contributed by atoms with Gasteiger partial charge in [-0.15, -0.1) is 34.0 Å². The molecule has 0 radical (unpaired) electrons. The quantitative estimate of drug-likeness (QED) is 0.182. The molecular weight excluding hydrogens is 601 g/mol. The molecule has 0 saturated carbocycles. The Hall–Kier alpha value is -4.54. The Labute approximate surface area is 274 Å². The van der Waals surface area contributed by atoms with Crippen LogP contribution in [0.2, 0.25) is 0 Å². The third kappa shape index (κ3) is 4.80. The van der Waals surface area contributed by atoms with Crippen molar-refractivity contribution in [2.75, 3.05) is 0 Å². The molecule has 0 unspecified atom stereocenters. The minimum absolute atomic E-state index is 1.26. The molecule has 0 aliphatic rings. The first-order valence-electron chi connectivity index (χ1n) is 15.2. The maximum Gasteiger partial charge on any atom is 0.0369 e. The van der Waals surface area contributed by atoms with Gasteiger partial charge in [0.1, 0.15) is 0 Å². The highest BCUT2D eigenvalue weighted by atomic mass is 32.1. The van der Waals surface area contributed by atoms with E-state index in [1.54, 1.807) is 0 Å². The van der Waals surface area contributed by atoms with E-state index in [9.17, 15) is 0 Å². The number of fused-ring (bicyclic) bond motifs is 5. The molecule has 3 heteroatoms. The Kier molecular flexibility index (Phi) is 6.28. The second kappa shape index (κ2) is 10.5. The molecule has 0 bridgehead atoms. The van der Waals surface area contributed by atoms with Crippen LogP contribution < -0.4 is 0 Å². The Bertz CT molecular complexity index is 2330. The Balaban J connectivity index is 1.04. The molecule has 3 aromatic heterocycles. The topological polar surface area (TPSA) is 0 Å². The molecule has 45 heavy (non-hydrogen) atoms. The zero-order valence-electron chi connectivity index (χ0n) is 24.9. The molecule has 3 heterocycles. The zero-order chi connectivity index (χ0) is 30.1. The first kappa shape index (κ1) is 26.8. The van der Waals surface area contributed by atoms with E-state index < -0.39 is 0 Å². The second-order valence-electron chi connectivity index (χ2n) is 12.0. The highest BCUT2D eigenvalue weighted by Crippen LogP contribution is 2.44. The Morgan fingerprint density at radius 1 is 0.311 bits per heavy atom. The van der Waals surface area contributed by atoms with Gasteiger partial charge in [0.05, 0.1) is 0 Å². The van der Waals surface area contributed by atoms with Crippen molar-refractivity contribution in [2.24, 2.45) is 0 Å². The number of benzene rings is 6. The van der Waals surface area contributed by atoms with E-state index in [1.165, 1.54) is 94.6 Å². The van der Waals surface area contributed by atoms with Crippen LogP contribution in [0.15, 0.2) is 133 Å². The maximum absolute atomic E-state index is 2.41. The van der Waals surface area contributed by atoms with Crippen molar-refractivity contribution in [2.45, 2.75) is 13.8 Å². The van der Waals surface area contributed by atoms with E-state index >= 15 is 0 Å². The maximum atomic E-state index is 2.41. The van der Waals surface area contributed by atoms with Crippen molar-refractivity contribution in [3.05, 3.63) is 145 Å². The van der Waals surface area contributed by atoms with Gasteiger partial charge >= 0.3 is 0 Å². The first-order valence-corrected chi connectivity index (χ1v) is 17.7. The molecule has 0 N–H and O–H groups in total. The van der Waals surface area contributed by atoms with Gasteiger partial charge in [0.2, 0.25) is 0 Å². The van der Waals surface area contributed by atoms with Crippen LogP contribution in [0.25, 0.3) is 83.5 Å². The van der Waals surface area contributed by atoms with Gasteiger partial charge in [-0.2, -0.15) is 0 Å². The second-order valence-corrected chi connectivity index (χ2v) is 15.2. The van der Waals surface area contributed by atoms with Crippen LogP contribution in [0.1, 0.15) is 11.1 Å². The van der Waals surface area contributed by atoms with Gasteiger partial charge in [0.25, 0.3) is 0 Å². The zero-order valence-corrected chi connectivity index (χ0v) is 27.4. The molecule has 0 nitrogen and oxygen atoms in total. The van der Waals surface area contributed by atoms with E-state index in [2.05, 4.69) is 147 Å². The summed E-state index contributed by atoms with van der Waals surface area (Å²) in [6, 6.07) is 49.9. The standard InChI is InChI=1S/C42H28S3/c1-25-3-7-27(8-4-25)29-11-15-31(16-12-29)37-21-33-19-35-36-20-34-22-38(44-40(34)24-42(36)45-41(35)23-39(33)43-37)32-17-13-30(14-18-32)28-9-5-26(2)6-10-28/h3-24H,1-2H3. The van der Waals surface area contributed by atoms with Crippen molar-refractivity contribution >= 4 is 74.4 Å².